The van der Waals surface area contributed by atoms with Gasteiger partial charge in [0, 0.05) is 36.0 Å². The second kappa shape index (κ2) is 10.3. The topological polar surface area (TPSA) is 97.7 Å². The highest BCUT2D eigenvalue weighted by molar-refractivity contribution is 7.13. The molecule has 1 aromatic carbocycles. The molecule has 184 valence electrons. The Morgan fingerprint density at radius 1 is 1.06 bits per heavy atom. The third kappa shape index (κ3) is 5.80. The fourth-order valence-corrected chi connectivity index (χ4v) is 4.34. The number of aryl methyl sites for hydroxylation is 1. The normalized spacial score (nSPS) is 12.2. The number of ketones is 1. The number of nitrogens with one attached hydrogen (secondary N) is 1. The van der Waals surface area contributed by atoms with Gasteiger partial charge in [-0.05, 0) is 42.8 Å². The van der Waals surface area contributed by atoms with Gasteiger partial charge >= 0.3 is 6.18 Å². The molecule has 36 heavy (non-hydrogen) atoms. The first-order chi connectivity index (χ1) is 17.1. The van der Waals surface area contributed by atoms with Crippen LogP contribution in [-0.4, -0.2) is 31.6 Å². The molecule has 0 bridgehead atoms. The van der Waals surface area contributed by atoms with Crippen LogP contribution in [0.3, 0.4) is 0 Å². The Morgan fingerprint density at radius 2 is 1.81 bits per heavy atom. The van der Waals surface area contributed by atoms with Crippen LogP contribution in [0.4, 0.5) is 18.9 Å². The van der Waals surface area contributed by atoms with E-state index in [2.05, 4.69) is 25.3 Å². The van der Waals surface area contributed by atoms with Gasteiger partial charge in [0.2, 0.25) is 0 Å². The van der Waals surface area contributed by atoms with Crippen molar-refractivity contribution in [1.82, 2.24) is 19.9 Å². The number of pyridine rings is 1. The van der Waals surface area contributed by atoms with Crippen LogP contribution < -0.4 is 5.32 Å². The molecule has 1 amide bonds. The van der Waals surface area contributed by atoms with E-state index < -0.39 is 17.6 Å². The molecular weight excluding hydrogens is 491 g/mol. The lowest BCUT2D eigenvalue weighted by molar-refractivity contribution is -0.138. The average molecular weight is 512 g/mol. The molecule has 7 nitrogen and oxygen atoms in total. The van der Waals surface area contributed by atoms with E-state index >= 15 is 0 Å². The van der Waals surface area contributed by atoms with Gasteiger partial charge in [-0.1, -0.05) is 13.0 Å². The first kappa shape index (κ1) is 25.1. The number of thiazole rings is 1. The Bertz CT molecular complexity index is 1410. The maximum atomic E-state index is 13.2. The molecule has 3 aromatic heterocycles. The van der Waals surface area contributed by atoms with Gasteiger partial charge in [-0.2, -0.15) is 13.2 Å². The van der Waals surface area contributed by atoms with E-state index in [0.717, 1.165) is 23.0 Å². The lowest BCUT2D eigenvalue weighted by Crippen LogP contribution is -2.13. The zero-order chi connectivity index (χ0) is 25.9. The Hall–Kier alpha value is -3.99. The van der Waals surface area contributed by atoms with Crippen molar-refractivity contribution in [1.29, 1.82) is 0 Å². The van der Waals surface area contributed by atoms with Crippen LogP contribution in [0.25, 0.3) is 11.3 Å². The van der Waals surface area contributed by atoms with E-state index in [4.69, 9.17) is 0 Å². The summed E-state index contributed by atoms with van der Waals surface area (Å²) in [5.41, 5.74) is 0.954. The number of rotatable bonds is 7. The number of benzene rings is 1. The zero-order valence-corrected chi connectivity index (χ0v) is 20.0. The summed E-state index contributed by atoms with van der Waals surface area (Å²) in [5.74, 6) is -1.09. The predicted octanol–water partition coefficient (Wildman–Crippen LogP) is 5.95. The minimum Gasteiger partial charge on any atom is -0.321 e. The van der Waals surface area contributed by atoms with Gasteiger partial charge < -0.3 is 5.32 Å². The van der Waals surface area contributed by atoms with Crippen LogP contribution in [0.15, 0.2) is 61.3 Å². The molecule has 0 aliphatic heterocycles. The number of alkyl halides is 3. The number of halogens is 3. The molecule has 1 N–H and O–H groups in total. The molecule has 1 unspecified atom stereocenters. The number of Topliss-reactive ketones (excluding diaryl/α,β-unsaturated/α-hetero) is 1. The highest BCUT2D eigenvalue weighted by atomic mass is 32.1. The van der Waals surface area contributed by atoms with Crippen molar-refractivity contribution in [3.05, 3.63) is 88.0 Å². The zero-order valence-electron chi connectivity index (χ0n) is 19.2. The number of carbonyl (C=O) groups excluding carboxylic acids is 2. The molecular formula is C25H20F3N5O2S. The van der Waals surface area contributed by atoms with Crippen molar-refractivity contribution in [3.8, 4) is 11.3 Å². The smallest absolute Gasteiger partial charge is 0.321 e. The summed E-state index contributed by atoms with van der Waals surface area (Å²) in [5, 5.41) is 3.03. The highest BCUT2D eigenvalue weighted by Gasteiger charge is 2.32. The molecule has 11 heteroatoms. The molecule has 3 heterocycles. The number of carbonyl (C=O) groups is 2. The van der Waals surface area contributed by atoms with Gasteiger partial charge in [-0.3, -0.25) is 14.6 Å². The first-order valence-corrected chi connectivity index (χ1v) is 11.6. The van der Waals surface area contributed by atoms with Gasteiger partial charge in [0.15, 0.2) is 5.78 Å². The van der Waals surface area contributed by atoms with Crippen LogP contribution in [0.2, 0.25) is 0 Å². The van der Waals surface area contributed by atoms with Gasteiger partial charge in [0.05, 0.1) is 22.5 Å². The molecule has 0 saturated carbocycles. The van der Waals surface area contributed by atoms with Crippen molar-refractivity contribution in [3.63, 3.8) is 0 Å². The predicted molar refractivity (Wildman–Crippen MR) is 129 cm³/mol. The number of anilines is 1. The lowest BCUT2D eigenvalue weighted by atomic mass is 10.0. The van der Waals surface area contributed by atoms with Crippen LogP contribution in [0, 0.1) is 6.92 Å². The van der Waals surface area contributed by atoms with Crippen molar-refractivity contribution >= 4 is 28.7 Å². The van der Waals surface area contributed by atoms with E-state index in [9.17, 15) is 22.8 Å². The summed E-state index contributed by atoms with van der Waals surface area (Å²) in [6.07, 6.45) is 1.52. The largest absolute Gasteiger partial charge is 0.416 e. The van der Waals surface area contributed by atoms with Crippen LogP contribution in [0.1, 0.15) is 55.6 Å². The summed E-state index contributed by atoms with van der Waals surface area (Å²) in [6.45, 7) is 3.16. The van der Waals surface area contributed by atoms with Crippen molar-refractivity contribution in [2.45, 2.75) is 32.4 Å². The number of nitrogens with zero attached hydrogens (tertiary/aromatic N) is 4. The van der Waals surface area contributed by atoms with E-state index in [0.29, 0.717) is 10.7 Å². The first-order valence-electron chi connectivity index (χ1n) is 10.8. The Balaban J connectivity index is 1.43. The van der Waals surface area contributed by atoms with Crippen LogP contribution in [-0.2, 0) is 6.18 Å². The molecule has 0 aliphatic carbocycles. The molecule has 4 aromatic rings. The third-order valence-corrected chi connectivity index (χ3v) is 6.62. The molecule has 0 fully saturated rings. The number of aromatic nitrogens is 4. The monoisotopic (exact) mass is 511 g/mol. The molecule has 0 saturated heterocycles. The minimum absolute atomic E-state index is 0.0323. The van der Waals surface area contributed by atoms with Crippen molar-refractivity contribution in [2.75, 3.05) is 5.32 Å². The number of amides is 1. The van der Waals surface area contributed by atoms with E-state index in [1.807, 2.05) is 0 Å². The van der Waals surface area contributed by atoms with Gasteiger partial charge in [0.25, 0.3) is 5.91 Å². The molecule has 0 aliphatic rings. The Kier molecular flexibility index (Phi) is 7.20. The van der Waals surface area contributed by atoms with Gasteiger partial charge in [-0.25, -0.2) is 15.0 Å². The summed E-state index contributed by atoms with van der Waals surface area (Å²) in [6, 6.07) is 8.79. The summed E-state index contributed by atoms with van der Waals surface area (Å²) < 4.78 is 39.5. The maximum absolute atomic E-state index is 13.2. The van der Waals surface area contributed by atoms with E-state index in [1.165, 1.54) is 31.6 Å². The fraction of sp³-hybridized carbons (Fsp3) is 0.200. The van der Waals surface area contributed by atoms with Crippen molar-refractivity contribution < 1.29 is 22.8 Å². The quantitative estimate of drug-likeness (QED) is 0.308. The van der Waals surface area contributed by atoms with Gasteiger partial charge in [-0.15, -0.1) is 11.3 Å². The van der Waals surface area contributed by atoms with Gasteiger partial charge in [0.1, 0.15) is 16.9 Å². The summed E-state index contributed by atoms with van der Waals surface area (Å²) >= 11 is 1.08. The maximum Gasteiger partial charge on any atom is 0.416 e. The highest BCUT2D eigenvalue weighted by Crippen LogP contribution is 2.34. The second-order valence-electron chi connectivity index (χ2n) is 8.10. The minimum atomic E-state index is -4.52. The van der Waals surface area contributed by atoms with E-state index in [1.54, 1.807) is 37.5 Å². The lowest BCUT2D eigenvalue weighted by Gasteiger charge is -2.12. The fourth-order valence-electron chi connectivity index (χ4n) is 3.48. The van der Waals surface area contributed by atoms with Crippen LogP contribution >= 0.6 is 11.3 Å². The molecule has 0 spiro atoms. The average Bonchev–Trinajstić information content (AvgIpc) is 3.36. The van der Waals surface area contributed by atoms with E-state index in [-0.39, 0.29) is 39.9 Å². The van der Waals surface area contributed by atoms with Crippen molar-refractivity contribution in [2.24, 2.45) is 0 Å². The SMILES string of the molecule is Cc1ccc(NC(=O)c2cnc(C(C)CC(=O)c3cc(-c4ccncc4)ncn3)s2)cc1C(F)(F)F. The molecule has 0 radical (unpaired) electrons. The number of hydrogen-bond acceptors (Lipinski definition) is 7. The molecule has 1 atom stereocenters. The third-order valence-electron chi connectivity index (χ3n) is 5.39. The molecule has 4 rings (SSSR count). The summed E-state index contributed by atoms with van der Waals surface area (Å²) in [7, 11) is 0. The number of hydrogen-bond donors (Lipinski definition) is 1. The Labute approximate surface area is 208 Å². The second-order valence-corrected chi connectivity index (χ2v) is 9.16. The standard InChI is InChI=1S/C25H20F3N5O2S/c1-14-3-4-17(10-18(14)25(26,27)28)33-23(35)22-12-30-24(36-22)15(2)9-21(34)20-11-19(31-13-32-20)16-5-7-29-8-6-16/h3-8,10-13,15H,9H2,1-2H3,(H,33,35). The van der Waals surface area contributed by atoms with Crippen LogP contribution in [0.5, 0.6) is 0 Å². The summed E-state index contributed by atoms with van der Waals surface area (Å²) in [4.78, 5) is 42.2. The Morgan fingerprint density at radius 3 is 2.53 bits per heavy atom.